The van der Waals surface area contributed by atoms with E-state index >= 15 is 0 Å². The van der Waals surface area contributed by atoms with Gasteiger partial charge in [-0.15, -0.1) is 0 Å². The van der Waals surface area contributed by atoms with Gasteiger partial charge in [-0.3, -0.25) is 9.78 Å². The Bertz CT molecular complexity index is 751. The molecule has 3 rings (SSSR count). The monoisotopic (exact) mass is 340 g/mol. The average Bonchev–Trinajstić information content (AvgIpc) is 3.01. The summed E-state index contributed by atoms with van der Waals surface area (Å²) in [6.45, 7) is 0.774. The van der Waals surface area contributed by atoms with E-state index < -0.39 is 0 Å². The average molecular weight is 340 g/mol. The van der Waals surface area contributed by atoms with Crippen LogP contribution in [0, 0.1) is 0 Å². The Hall–Kier alpha value is -3.09. The highest BCUT2D eigenvalue weighted by atomic mass is 16.5. The quantitative estimate of drug-likeness (QED) is 0.868. The molecule has 0 spiro atoms. The fourth-order valence-corrected chi connectivity index (χ4v) is 2.74. The molecule has 1 fully saturated rings. The number of ether oxygens (including phenoxy) is 1. The lowest BCUT2D eigenvalue weighted by Crippen LogP contribution is -2.43. The summed E-state index contributed by atoms with van der Waals surface area (Å²) >= 11 is 0. The number of carbonyl (C=O) groups is 2. The SMILES string of the molecule is COc1cccc(N2C[C@H](NC(=O)NCc3ccccn3)CC2=O)c1. The molecule has 7 heteroatoms. The molecule has 7 nitrogen and oxygen atoms in total. The third-order valence-electron chi connectivity index (χ3n) is 3.98. The lowest BCUT2D eigenvalue weighted by Gasteiger charge is -2.18. The summed E-state index contributed by atoms with van der Waals surface area (Å²) in [7, 11) is 1.58. The van der Waals surface area contributed by atoms with Gasteiger partial charge in [0, 0.05) is 30.9 Å². The fourth-order valence-electron chi connectivity index (χ4n) is 2.74. The molecule has 0 unspecified atom stereocenters. The van der Waals surface area contributed by atoms with E-state index in [0.717, 1.165) is 11.4 Å². The van der Waals surface area contributed by atoms with Crippen LogP contribution in [-0.2, 0) is 11.3 Å². The van der Waals surface area contributed by atoms with E-state index in [0.29, 0.717) is 18.8 Å². The summed E-state index contributed by atoms with van der Waals surface area (Å²) in [5.41, 5.74) is 1.54. The van der Waals surface area contributed by atoms with Crippen LogP contribution >= 0.6 is 0 Å². The minimum Gasteiger partial charge on any atom is -0.497 e. The molecule has 0 radical (unpaired) electrons. The van der Waals surface area contributed by atoms with Gasteiger partial charge in [-0.05, 0) is 24.3 Å². The molecule has 1 aromatic heterocycles. The first-order valence-corrected chi connectivity index (χ1v) is 8.04. The summed E-state index contributed by atoms with van der Waals surface area (Å²) in [5, 5.41) is 5.59. The van der Waals surface area contributed by atoms with Gasteiger partial charge < -0.3 is 20.3 Å². The normalized spacial score (nSPS) is 16.6. The molecule has 2 aromatic rings. The first-order chi connectivity index (χ1) is 12.2. The first-order valence-electron chi connectivity index (χ1n) is 8.04. The molecule has 2 N–H and O–H groups in total. The summed E-state index contributed by atoms with van der Waals surface area (Å²) in [5.74, 6) is 0.665. The summed E-state index contributed by atoms with van der Waals surface area (Å²) < 4.78 is 5.19. The zero-order valence-corrected chi connectivity index (χ0v) is 13.9. The molecule has 3 amide bonds. The van der Waals surface area contributed by atoms with Crippen molar-refractivity contribution in [2.75, 3.05) is 18.6 Å². The molecule has 130 valence electrons. The van der Waals surface area contributed by atoms with Gasteiger partial charge in [0.25, 0.3) is 0 Å². The van der Waals surface area contributed by atoms with Gasteiger partial charge in [0.1, 0.15) is 5.75 Å². The van der Waals surface area contributed by atoms with Crippen LogP contribution in [0.2, 0.25) is 0 Å². The molecule has 1 atom stereocenters. The van der Waals surface area contributed by atoms with Crippen molar-refractivity contribution < 1.29 is 14.3 Å². The summed E-state index contributed by atoms with van der Waals surface area (Å²) in [6, 6.07) is 12.3. The maximum Gasteiger partial charge on any atom is 0.315 e. The summed E-state index contributed by atoms with van der Waals surface area (Å²) in [6.07, 6.45) is 1.95. The highest BCUT2D eigenvalue weighted by Gasteiger charge is 2.31. The van der Waals surface area contributed by atoms with Gasteiger partial charge in [0.15, 0.2) is 0 Å². The number of benzene rings is 1. The van der Waals surface area contributed by atoms with Gasteiger partial charge in [0.05, 0.1) is 25.4 Å². The van der Waals surface area contributed by atoms with Gasteiger partial charge in [-0.1, -0.05) is 12.1 Å². The number of pyridine rings is 1. The minimum absolute atomic E-state index is 0.0247. The Morgan fingerprint density at radius 1 is 1.32 bits per heavy atom. The number of hydrogen-bond donors (Lipinski definition) is 2. The molecule has 0 aliphatic carbocycles. The zero-order valence-electron chi connectivity index (χ0n) is 13.9. The van der Waals surface area contributed by atoms with Crippen molar-refractivity contribution in [2.45, 2.75) is 19.0 Å². The molecule has 2 heterocycles. The van der Waals surface area contributed by atoms with Gasteiger partial charge >= 0.3 is 6.03 Å². The van der Waals surface area contributed by atoms with Crippen LogP contribution < -0.4 is 20.3 Å². The number of nitrogens with one attached hydrogen (secondary N) is 2. The van der Waals surface area contributed by atoms with Crippen LogP contribution in [0.3, 0.4) is 0 Å². The van der Waals surface area contributed by atoms with Crippen molar-refractivity contribution >= 4 is 17.6 Å². The fraction of sp³-hybridized carbons (Fsp3) is 0.278. The number of rotatable bonds is 5. The second-order valence-electron chi connectivity index (χ2n) is 5.75. The number of nitrogens with zero attached hydrogens (tertiary/aromatic N) is 2. The zero-order chi connectivity index (χ0) is 17.6. The van der Waals surface area contributed by atoms with Crippen LogP contribution in [0.15, 0.2) is 48.7 Å². The Kier molecular flexibility index (Phi) is 5.13. The first kappa shape index (κ1) is 16.8. The maximum absolute atomic E-state index is 12.2. The van der Waals surface area contributed by atoms with Crippen molar-refractivity contribution in [3.8, 4) is 5.75 Å². The van der Waals surface area contributed by atoms with E-state index in [1.807, 2.05) is 36.4 Å². The highest BCUT2D eigenvalue weighted by molar-refractivity contribution is 5.97. The lowest BCUT2D eigenvalue weighted by atomic mass is 10.2. The number of anilines is 1. The van der Waals surface area contributed by atoms with E-state index in [4.69, 9.17) is 4.74 Å². The standard InChI is InChI=1S/C18H20N4O3/c1-25-16-7-4-6-15(10-16)22-12-14(9-17(22)23)21-18(24)20-11-13-5-2-3-8-19-13/h2-8,10,14H,9,11-12H2,1H3,(H2,20,21,24)/t14-/m1/s1. The molecule has 0 bridgehead atoms. The predicted molar refractivity (Wildman–Crippen MR) is 93.4 cm³/mol. The third-order valence-corrected chi connectivity index (χ3v) is 3.98. The van der Waals surface area contributed by atoms with Gasteiger partial charge in [-0.2, -0.15) is 0 Å². The Morgan fingerprint density at radius 2 is 2.20 bits per heavy atom. The van der Waals surface area contributed by atoms with E-state index in [-0.39, 0.29) is 24.4 Å². The van der Waals surface area contributed by atoms with Crippen molar-refractivity contribution in [3.05, 3.63) is 54.4 Å². The number of amides is 3. The van der Waals surface area contributed by atoms with Gasteiger partial charge in [0.2, 0.25) is 5.91 Å². The van der Waals surface area contributed by atoms with Crippen LogP contribution in [0.4, 0.5) is 10.5 Å². The molecule has 1 saturated heterocycles. The van der Waals surface area contributed by atoms with Crippen LogP contribution in [0.1, 0.15) is 12.1 Å². The number of hydrogen-bond acceptors (Lipinski definition) is 4. The Morgan fingerprint density at radius 3 is 2.96 bits per heavy atom. The Labute approximate surface area is 146 Å². The van der Waals surface area contributed by atoms with Crippen LogP contribution in [-0.4, -0.2) is 36.6 Å². The van der Waals surface area contributed by atoms with E-state index in [1.165, 1.54) is 0 Å². The number of carbonyl (C=O) groups excluding carboxylic acids is 2. The number of aromatic nitrogens is 1. The highest BCUT2D eigenvalue weighted by Crippen LogP contribution is 2.25. The number of urea groups is 1. The second-order valence-corrected chi connectivity index (χ2v) is 5.75. The van der Waals surface area contributed by atoms with Crippen molar-refractivity contribution in [1.82, 2.24) is 15.6 Å². The third kappa shape index (κ3) is 4.26. The van der Waals surface area contributed by atoms with Crippen molar-refractivity contribution in [3.63, 3.8) is 0 Å². The Balaban J connectivity index is 1.54. The molecule has 1 aliphatic heterocycles. The second kappa shape index (κ2) is 7.65. The lowest BCUT2D eigenvalue weighted by molar-refractivity contribution is -0.117. The number of methoxy groups -OCH3 is 1. The molecular weight excluding hydrogens is 320 g/mol. The predicted octanol–water partition coefficient (Wildman–Crippen LogP) is 1.69. The maximum atomic E-state index is 12.2. The van der Waals surface area contributed by atoms with E-state index in [1.54, 1.807) is 24.3 Å². The van der Waals surface area contributed by atoms with Crippen molar-refractivity contribution in [2.24, 2.45) is 0 Å². The molecule has 25 heavy (non-hydrogen) atoms. The molecule has 1 aliphatic rings. The largest absolute Gasteiger partial charge is 0.497 e. The van der Waals surface area contributed by atoms with Crippen molar-refractivity contribution in [1.29, 1.82) is 0 Å². The smallest absolute Gasteiger partial charge is 0.315 e. The molecular formula is C18H20N4O3. The van der Waals surface area contributed by atoms with E-state index in [2.05, 4.69) is 15.6 Å². The van der Waals surface area contributed by atoms with E-state index in [9.17, 15) is 9.59 Å². The minimum atomic E-state index is -0.309. The van der Waals surface area contributed by atoms with Gasteiger partial charge in [-0.25, -0.2) is 4.79 Å². The summed E-state index contributed by atoms with van der Waals surface area (Å²) in [4.78, 5) is 30.1. The molecule has 0 saturated carbocycles. The van der Waals surface area contributed by atoms with Crippen LogP contribution in [0.25, 0.3) is 0 Å². The van der Waals surface area contributed by atoms with Crippen LogP contribution in [0.5, 0.6) is 5.75 Å². The topological polar surface area (TPSA) is 83.6 Å². The molecule has 1 aromatic carbocycles.